The highest BCUT2D eigenvalue weighted by molar-refractivity contribution is 6.30. The molecule has 0 fully saturated rings. The van der Waals surface area contributed by atoms with E-state index in [0.29, 0.717) is 48.5 Å². The number of likely N-dealkylation sites (N-methyl/N-ethyl adjacent to an activating group) is 1. The fraction of sp³-hybridized carbons (Fsp3) is 0.350. The second kappa shape index (κ2) is 9.08. The van der Waals surface area contributed by atoms with Crippen molar-refractivity contribution < 1.29 is 19.4 Å². The van der Waals surface area contributed by atoms with Crippen molar-refractivity contribution in [2.24, 2.45) is 0 Å². The van der Waals surface area contributed by atoms with Crippen molar-refractivity contribution in [3.63, 3.8) is 0 Å². The summed E-state index contributed by atoms with van der Waals surface area (Å²) in [6.45, 7) is 4.11. The Morgan fingerprint density at radius 2 is 2.00 bits per heavy atom. The van der Waals surface area contributed by atoms with E-state index in [0.717, 1.165) is 5.56 Å². The number of benzene rings is 2. The van der Waals surface area contributed by atoms with Gasteiger partial charge < -0.3 is 19.9 Å². The van der Waals surface area contributed by atoms with E-state index in [1.165, 1.54) is 0 Å². The minimum atomic E-state index is -0.717. The molecule has 0 aliphatic carbocycles. The van der Waals surface area contributed by atoms with Crippen LogP contribution in [-0.2, 0) is 4.79 Å². The van der Waals surface area contributed by atoms with Gasteiger partial charge in [-0.3, -0.25) is 9.69 Å². The average Bonchev–Trinajstić information content (AvgIpc) is 2.67. The molecule has 27 heavy (non-hydrogen) atoms. The molecule has 2 aromatic carbocycles. The highest BCUT2D eigenvalue weighted by Crippen LogP contribution is 2.32. The Bertz CT molecular complexity index is 799. The molecule has 0 bridgehead atoms. The first kappa shape index (κ1) is 19.5. The number of halogens is 1. The summed E-state index contributed by atoms with van der Waals surface area (Å²) < 4.78 is 11.0. The summed E-state index contributed by atoms with van der Waals surface area (Å²) >= 11 is 5.98. The molecule has 1 aliphatic rings. The molecule has 0 saturated carbocycles. The molecule has 0 spiro atoms. The van der Waals surface area contributed by atoms with Crippen molar-refractivity contribution in [2.75, 3.05) is 38.2 Å². The highest BCUT2D eigenvalue weighted by Gasteiger charge is 2.17. The number of hydrogen-bond acceptors (Lipinski definition) is 5. The molecule has 1 heterocycles. The predicted molar refractivity (Wildman–Crippen MR) is 105 cm³/mol. The van der Waals surface area contributed by atoms with Crippen LogP contribution in [0, 0.1) is 0 Å². The quantitative estimate of drug-likeness (QED) is 0.760. The van der Waals surface area contributed by atoms with Gasteiger partial charge in [0, 0.05) is 23.3 Å². The molecule has 2 aromatic rings. The van der Waals surface area contributed by atoms with Crippen LogP contribution >= 0.6 is 11.6 Å². The third-order valence-electron chi connectivity index (χ3n) is 4.30. The van der Waals surface area contributed by atoms with Crippen LogP contribution in [0.5, 0.6) is 11.5 Å². The summed E-state index contributed by atoms with van der Waals surface area (Å²) in [5.74, 6) is 1.15. The molecule has 0 aromatic heterocycles. The predicted octanol–water partition coefficient (Wildman–Crippen LogP) is 3.11. The van der Waals surface area contributed by atoms with Gasteiger partial charge in [0.15, 0.2) is 11.5 Å². The van der Waals surface area contributed by atoms with Gasteiger partial charge in [-0.05, 0) is 36.4 Å². The van der Waals surface area contributed by atoms with Crippen LogP contribution in [0.3, 0.4) is 0 Å². The lowest BCUT2D eigenvalue weighted by molar-refractivity contribution is -0.117. The van der Waals surface area contributed by atoms with E-state index in [9.17, 15) is 9.90 Å². The minimum absolute atomic E-state index is 0.160. The largest absolute Gasteiger partial charge is 0.486 e. The summed E-state index contributed by atoms with van der Waals surface area (Å²) in [7, 11) is 0. The topological polar surface area (TPSA) is 71.0 Å². The molecule has 6 nitrogen and oxygen atoms in total. The van der Waals surface area contributed by atoms with Gasteiger partial charge in [0.2, 0.25) is 5.91 Å². The van der Waals surface area contributed by atoms with Crippen molar-refractivity contribution in [2.45, 2.75) is 13.0 Å². The summed E-state index contributed by atoms with van der Waals surface area (Å²) in [5.41, 5.74) is 1.38. The number of anilines is 1. The van der Waals surface area contributed by atoms with Crippen LogP contribution in [0.2, 0.25) is 5.02 Å². The molecular formula is C20H23ClN2O4. The van der Waals surface area contributed by atoms with Crippen molar-refractivity contribution in [3.05, 3.63) is 53.1 Å². The molecule has 1 amide bonds. The fourth-order valence-corrected chi connectivity index (χ4v) is 3.09. The molecule has 1 aliphatic heterocycles. The van der Waals surface area contributed by atoms with E-state index in [4.69, 9.17) is 21.1 Å². The van der Waals surface area contributed by atoms with Gasteiger partial charge in [-0.1, -0.05) is 30.7 Å². The number of hydrogen-bond donors (Lipinski definition) is 2. The number of aliphatic hydroxyl groups is 1. The minimum Gasteiger partial charge on any atom is -0.486 e. The average molecular weight is 391 g/mol. The molecule has 2 N–H and O–H groups in total. The number of aliphatic hydroxyl groups excluding tert-OH is 1. The van der Waals surface area contributed by atoms with Crippen LogP contribution in [0.1, 0.15) is 18.6 Å². The summed E-state index contributed by atoms with van der Waals surface area (Å²) in [5, 5.41) is 13.9. The Morgan fingerprint density at radius 1 is 1.22 bits per heavy atom. The smallest absolute Gasteiger partial charge is 0.238 e. The van der Waals surface area contributed by atoms with E-state index < -0.39 is 6.10 Å². The first-order valence-corrected chi connectivity index (χ1v) is 9.28. The lowest BCUT2D eigenvalue weighted by atomic mass is 10.1. The van der Waals surface area contributed by atoms with Crippen molar-refractivity contribution in [3.8, 4) is 11.5 Å². The zero-order chi connectivity index (χ0) is 19.2. The van der Waals surface area contributed by atoms with E-state index >= 15 is 0 Å². The van der Waals surface area contributed by atoms with Crippen molar-refractivity contribution in [1.82, 2.24) is 4.90 Å². The Labute approximate surface area is 163 Å². The monoisotopic (exact) mass is 390 g/mol. The Balaban J connectivity index is 1.56. The second-order valence-corrected chi connectivity index (χ2v) is 6.74. The molecule has 0 radical (unpaired) electrons. The molecule has 0 unspecified atom stereocenters. The molecule has 0 saturated heterocycles. The van der Waals surface area contributed by atoms with Crippen molar-refractivity contribution in [1.29, 1.82) is 0 Å². The summed E-state index contributed by atoms with van der Waals surface area (Å²) in [4.78, 5) is 14.3. The highest BCUT2D eigenvalue weighted by atomic mass is 35.5. The van der Waals surface area contributed by atoms with Crippen LogP contribution in [0.25, 0.3) is 0 Å². The number of ether oxygens (including phenoxy) is 2. The number of nitrogens with zero attached hydrogens (tertiary/aromatic N) is 1. The van der Waals surface area contributed by atoms with Gasteiger partial charge in [0.05, 0.1) is 12.6 Å². The van der Waals surface area contributed by atoms with Crippen LogP contribution in [-0.4, -0.2) is 48.8 Å². The molecular weight excluding hydrogens is 368 g/mol. The van der Waals surface area contributed by atoms with E-state index in [1.807, 2.05) is 17.9 Å². The van der Waals surface area contributed by atoms with Crippen LogP contribution in [0.15, 0.2) is 42.5 Å². The number of nitrogens with one attached hydrogen (secondary N) is 1. The van der Waals surface area contributed by atoms with Crippen LogP contribution < -0.4 is 14.8 Å². The Hall–Kier alpha value is -2.28. The second-order valence-electron chi connectivity index (χ2n) is 6.31. The van der Waals surface area contributed by atoms with Crippen LogP contribution in [0.4, 0.5) is 5.69 Å². The maximum Gasteiger partial charge on any atom is 0.238 e. The Morgan fingerprint density at radius 3 is 2.74 bits per heavy atom. The SMILES string of the molecule is CCN(CC(=O)Nc1ccc2c(c1)OCCO2)C[C@@H](O)c1cccc(Cl)c1. The zero-order valence-corrected chi connectivity index (χ0v) is 15.9. The van der Waals surface area contributed by atoms with Gasteiger partial charge in [0.25, 0.3) is 0 Å². The van der Waals surface area contributed by atoms with Gasteiger partial charge in [-0.2, -0.15) is 0 Å². The van der Waals surface area contributed by atoms with Gasteiger partial charge in [-0.15, -0.1) is 0 Å². The lowest BCUT2D eigenvalue weighted by Gasteiger charge is -2.23. The summed E-state index contributed by atoms with van der Waals surface area (Å²) in [6, 6.07) is 12.4. The number of fused-ring (bicyclic) bond motifs is 1. The van der Waals surface area contributed by atoms with E-state index in [2.05, 4.69) is 5.32 Å². The molecule has 7 heteroatoms. The number of amides is 1. The first-order valence-electron chi connectivity index (χ1n) is 8.90. The van der Waals surface area contributed by atoms with Gasteiger partial charge in [0.1, 0.15) is 13.2 Å². The maximum absolute atomic E-state index is 12.4. The lowest BCUT2D eigenvalue weighted by Crippen LogP contribution is -2.36. The first-order chi connectivity index (χ1) is 13.0. The normalized spacial score (nSPS) is 14.1. The zero-order valence-electron chi connectivity index (χ0n) is 15.2. The van der Waals surface area contributed by atoms with Gasteiger partial charge >= 0.3 is 0 Å². The van der Waals surface area contributed by atoms with E-state index in [1.54, 1.807) is 36.4 Å². The van der Waals surface area contributed by atoms with Gasteiger partial charge in [-0.25, -0.2) is 0 Å². The number of rotatable bonds is 7. The van der Waals surface area contributed by atoms with E-state index in [-0.39, 0.29) is 12.5 Å². The molecule has 3 rings (SSSR count). The third kappa shape index (κ3) is 5.35. The van der Waals surface area contributed by atoms with Crippen molar-refractivity contribution >= 4 is 23.2 Å². The fourth-order valence-electron chi connectivity index (χ4n) is 2.89. The summed E-state index contributed by atoms with van der Waals surface area (Å²) in [6.07, 6.45) is -0.717. The number of carbonyl (C=O) groups is 1. The molecule has 144 valence electrons. The standard InChI is InChI=1S/C20H23ClN2O4/c1-2-23(12-17(24)14-4-3-5-15(21)10-14)13-20(25)22-16-6-7-18-19(11-16)27-9-8-26-18/h3-7,10-11,17,24H,2,8-9,12-13H2,1H3,(H,22,25)/t17-/m1/s1. The third-order valence-corrected chi connectivity index (χ3v) is 4.54. The number of carbonyl (C=O) groups excluding carboxylic acids is 1. The maximum atomic E-state index is 12.4. The molecule has 1 atom stereocenters. The Kier molecular flexibility index (Phi) is 6.55.